The van der Waals surface area contributed by atoms with Crippen LogP contribution in [0.1, 0.15) is 27.7 Å². The number of ether oxygens (including phenoxy) is 1. The molecule has 1 aromatic carbocycles. The maximum absolute atomic E-state index is 5.97. The number of para-hydroxylation sites is 1. The highest BCUT2D eigenvalue weighted by Crippen LogP contribution is 2.34. The largest absolute Gasteiger partial charge is 0.491 e. The summed E-state index contributed by atoms with van der Waals surface area (Å²) in [4.78, 5) is 0. The number of hydrogen-bond donors (Lipinski definition) is 1. The molecule has 2 aromatic rings. The molecule has 2 rings (SSSR count). The Morgan fingerprint density at radius 2 is 2.05 bits per heavy atom. The Bertz CT molecular complexity index is 571. The summed E-state index contributed by atoms with van der Waals surface area (Å²) >= 11 is 0. The summed E-state index contributed by atoms with van der Waals surface area (Å²) in [6, 6.07) is 5.59. The standard InChI is InChI=1S/C13H19N5O/c1-5-19-11-9(7-6-8-10(11)14)12-15-16-17-18(12)13(2,3)4/h6-8H,5,14H2,1-4H3. The van der Waals surface area contributed by atoms with E-state index in [9.17, 15) is 0 Å². The zero-order valence-electron chi connectivity index (χ0n) is 11.7. The number of hydrogen-bond acceptors (Lipinski definition) is 5. The van der Waals surface area contributed by atoms with Crippen LogP contribution in [0.5, 0.6) is 5.75 Å². The molecule has 0 radical (unpaired) electrons. The van der Waals surface area contributed by atoms with Gasteiger partial charge in [0.25, 0.3) is 0 Å². The molecular weight excluding hydrogens is 242 g/mol. The maximum atomic E-state index is 5.97. The van der Waals surface area contributed by atoms with Gasteiger partial charge >= 0.3 is 0 Å². The second kappa shape index (κ2) is 4.87. The van der Waals surface area contributed by atoms with Crippen LogP contribution in [0, 0.1) is 0 Å². The van der Waals surface area contributed by atoms with E-state index in [1.807, 2.05) is 39.8 Å². The van der Waals surface area contributed by atoms with Crippen LogP contribution in [0.15, 0.2) is 18.2 Å². The molecule has 0 aliphatic heterocycles. The summed E-state index contributed by atoms with van der Waals surface area (Å²) < 4.78 is 7.39. The van der Waals surface area contributed by atoms with E-state index in [-0.39, 0.29) is 5.54 Å². The Morgan fingerprint density at radius 1 is 1.32 bits per heavy atom. The SMILES string of the molecule is CCOc1c(N)cccc1-c1nnnn1C(C)(C)C. The highest BCUT2D eigenvalue weighted by Gasteiger charge is 2.23. The van der Waals surface area contributed by atoms with Crippen molar-refractivity contribution in [1.82, 2.24) is 20.2 Å². The number of anilines is 1. The zero-order chi connectivity index (χ0) is 14.0. The highest BCUT2D eigenvalue weighted by molar-refractivity contribution is 5.73. The van der Waals surface area contributed by atoms with Crippen LogP contribution in [0.3, 0.4) is 0 Å². The van der Waals surface area contributed by atoms with Crippen LogP contribution < -0.4 is 10.5 Å². The molecule has 2 N–H and O–H groups in total. The predicted molar refractivity (Wildman–Crippen MR) is 73.8 cm³/mol. The van der Waals surface area contributed by atoms with E-state index in [2.05, 4.69) is 15.5 Å². The van der Waals surface area contributed by atoms with E-state index < -0.39 is 0 Å². The summed E-state index contributed by atoms with van der Waals surface area (Å²) in [7, 11) is 0. The van der Waals surface area contributed by atoms with Gasteiger partial charge < -0.3 is 10.5 Å². The molecule has 19 heavy (non-hydrogen) atoms. The van der Waals surface area contributed by atoms with Gasteiger partial charge in [0.15, 0.2) is 11.6 Å². The topological polar surface area (TPSA) is 78.8 Å². The van der Waals surface area contributed by atoms with Crippen molar-refractivity contribution in [1.29, 1.82) is 0 Å². The lowest BCUT2D eigenvalue weighted by atomic mass is 10.1. The molecule has 1 aromatic heterocycles. The number of tetrazole rings is 1. The Balaban J connectivity index is 2.60. The average molecular weight is 261 g/mol. The molecule has 0 fully saturated rings. The molecule has 102 valence electrons. The van der Waals surface area contributed by atoms with Gasteiger partial charge in [-0.15, -0.1) is 5.10 Å². The minimum absolute atomic E-state index is 0.215. The summed E-state index contributed by atoms with van der Waals surface area (Å²) in [6.45, 7) is 8.58. The van der Waals surface area contributed by atoms with Gasteiger partial charge in [0.2, 0.25) is 0 Å². The molecule has 0 unspecified atom stereocenters. The third-order valence-electron chi connectivity index (χ3n) is 2.68. The normalized spacial score (nSPS) is 11.6. The first-order valence-corrected chi connectivity index (χ1v) is 6.25. The van der Waals surface area contributed by atoms with E-state index in [4.69, 9.17) is 10.5 Å². The number of nitrogens with two attached hydrogens (primary N) is 1. The van der Waals surface area contributed by atoms with Crippen molar-refractivity contribution >= 4 is 5.69 Å². The van der Waals surface area contributed by atoms with Crippen molar-refractivity contribution in [2.75, 3.05) is 12.3 Å². The molecule has 0 aliphatic rings. The lowest BCUT2D eigenvalue weighted by Crippen LogP contribution is -2.24. The molecule has 0 atom stereocenters. The van der Waals surface area contributed by atoms with Crippen LogP contribution in [0.25, 0.3) is 11.4 Å². The second-order valence-electron chi connectivity index (χ2n) is 5.24. The minimum atomic E-state index is -0.215. The zero-order valence-corrected chi connectivity index (χ0v) is 11.7. The molecule has 0 saturated heterocycles. The second-order valence-corrected chi connectivity index (χ2v) is 5.24. The van der Waals surface area contributed by atoms with Gasteiger partial charge in [0, 0.05) is 0 Å². The quantitative estimate of drug-likeness (QED) is 0.856. The van der Waals surface area contributed by atoms with Crippen LogP contribution in [0.4, 0.5) is 5.69 Å². The van der Waals surface area contributed by atoms with Crippen LogP contribution >= 0.6 is 0 Å². The fourth-order valence-corrected chi connectivity index (χ4v) is 1.84. The maximum Gasteiger partial charge on any atom is 0.186 e. The van der Waals surface area contributed by atoms with Crippen molar-refractivity contribution < 1.29 is 4.74 Å². The highest BCUT2D eigenvalue weighted by atomic mass is 16.5. The molecule has 0 spiro atoms. The number of nitrogen functional groups attached to an aromatic ring is 1. The monoisotopic (exact) mass is 261 g/mol. The third kappa shape index (κ3) is 2.52. The van der Waals surface area contributed by atoms with Gasteiger partial charge in [0.1, 0.15) is 0 Å². The summed E-state index contributed by atoms with van der Waals surface area (Å²) in [5, 5.41) is 11.9. The number of benzene rings is 1. The summed E-state index contributed by atoms with van der Waals surface area (Å²) in [5.41, 5.74) is 7.15. The first-order chi connectivity index (χ1) is 8.95. The van der Waals surface area contributed by atoms with Crippen molar-refractivity contribution in [3.8, 4) is 17.1 Å². The number of rotatable bonds is 3. The number of aromatic nitrogens is 4. The molecular formula is C13H19N5O. The van der Waals surface area contributed by atoms with Crippen molar-refractivity contribution in [2.45, 2.75) is 33.2 Å². The van der Waals surface area contributed by atoms with Crippen molar-refractivity contribution in [3.63, 3.8) is 0 Å². The Hall–Kier alpha value is -2.11. The lowest BCUT2D eigenvalue weighted by Gasteiger charge is -2.21. The van der Waals surface area contributed by atoms with Crippen LogP contribution in [-0.4, -0.2) is 26.8 Å². The van der Waals surface area contributed by atoms with Crippen molar-refractivity contribution in [3.05, 3.63) is 18.2 Å². The summed E-state index contributed by atoms with van der Waals surface area (Å²) in [6.07, 6.45) is 0. The van der Waals surface area contributed by atoms with Gasteiger partial charge in [-0.2, -0.15) is 0 Å². The molecule has 6 heteroatoms. The molecule has 6 nitrogen and oxygen atoms in total. The fourth-order valence-electron chi connectivity index (χ4n) is 1.84. The fraction of sp³-hybridized carbons (Fsp3) is 0.462. The van der Waals surface area contributed by atoms with E-state index in [1.165, 1.54) is 0 Å². The smallest absolute Gasteiger partial charge is 0.186 e. The van der Waals surface area contributed by atoms with Gasteiger partial charge in [-0.3, -0.25) is 0 Å². The van der Waals surface area contributed by atoms with Crippen molar-refractivity contribution in [2.24, 2.45) is 0 Å². The third-order valence-corrected chi connectivity index (χ3v) is 2.68. The predicted octanol–water partition coefficient (Wildman–Crippen LogP) is 2.08. The van der Waals surface area contributed by atoms with Crippen LogP contribution in [0.2, 0.25) is 0 Å². The Morgan fingerprint density at radius 3 is 2.68 bits per heavy atom. The van der Waals surface area contributed by atoms with E-state index >= 15 is 0 Å². The van der Waals surface area contributed by atoms with E-state index in [0.717, 1.165) is 5.56 Å². The van der Waals surface area contributed by atoms with E-state index in [1.54, 1.807) is 10.7 Å². The van der Waals surface area contributed by atoms with Gasteiger partial charge in [0.05, 0.1) is 23.4 Å². The first kappa shape index (κ1) is 13.3. The first-order valence-electron chi connectivity index (χ1n) is 6.25. The lowest BCUT2D eigenvalue weighted by molar-refractivity contribution is 0.338. The molecule has 1 heterocycles. The average Bonchev–Trinajstić information content (AvgIpc) is 2.80. The van der Waals surface area contributed by atoms with Gasteiger partial charge in [-0.25, -0.2) is 4.68 Å². The summed E-state index contributed by atoms with van der Waals surface area (Å²) in [5.74, 6) is 1.29. The van der Waals surface area contributed by atoms with Crippen LogP contribution in [-0.2, 0) is 5.54 Å². The minimum Gasteiger partial charge on any atom is -0.491 e. The Kier molecular flexibility index (Phi) is 3.42. The molecule has 0 saturated carbocycles. The Labute approximate surface area is 112 Å². The van der Waals surface area contributed by atoms with Gasteiger partial charge in [-0.1, -0.05) is 6.07 Å². The number of nitrogens with zero attached hydrogens (tertiary/aromatic N) is 4. The molecule has 0 amide bonds. The molecule has 0 aliphatic carbocycles. The molecule has 0 bridgehead atoms. The van der Waals surface area contributed by atoms with E-state index in [0.29, 0.717) is 23.9 Å². The van der Waals surface area contributed by atoms with Gasteiger partial charge in [-0.05, 0) is 50.3 Å².